The summed E-state index contributed by atoms with van der Waals surface area (Å²) < 4.78 is 18.5. The predicted molar refractivity (Wildman–Crippen MR) is 107 cm³/mol. The molecule has 0 radical (unpaired) electrons. The predicted octanol–water partition coefficient (Wildman–Crippen LogP) is 3.22. The van der Waals surface area contributed by atoms with E-state index in [1.165, 1.54) is 12.1 Å². The van der Waals surface area contributed by atoms with Crippen LogP contribution in [-0.4, -0.2) is 54.2 Å². The van der Waals surface area contributed by atoms with Gasteiger partial charge in [0.2, 0.25) is 0 Å². The van der Waals surface area contributed by atoms with Crippen molar-refractivity contribution in [1.29, 1.82) is 0 Å². The number of rotatable bonds is 10. The first-order chi connectivity index (χ1) is 13.6. The summed E-state index contributed by atoms with van der Waals surface area (Å²) in [5.41, 5.74) is 2.97. The fourth-order valence-electron chi connectivity index (χ4n) is 3.27. The minimum absolute atomic E-state index is 0.0880. The third-order valence-corrected chi connectivity index (χ3v) is 4.60. The van der Waals surface area contributed by atoms with Gasteiger partial charge >= 0.3 is 0 Å². The zero-order chi connectivity index (χ0) is 19.8. The quantitative estimate of drug-likeness (QED) is 0.681. The van der Waals surface area contributed by atoms with Crippen molar-refractivity contribution in [2.24, 2.45) is 5.16 Å². The Bertz CT molecular complexity index is 752. The van der Waals surface area contributed by atoms with Gasteiger partial charge in [-0.15, -0.1) is 0 Å². The molecule has 28 heavy (non-hydrogen) atoms. The van der Waals surface area contributed by atoms with E-state index in [2.05, 4.69) is 10.1 Å². The topological polar surface area (TPSA) is 54.3 Å². The van der Waals surface area contributed by atoms with Crippen molar-refractivity contribution >= 4 is 5.71 Å². The highest BCUT2D eigenvalue weighted by Gasteiger charge is 2.25. The van der Waals surface area contributed by atoms with Gasteiger partial charge in [-0.2, -0.15) is 0 Å². The lowest BCUT2D eigenvalue weighted by atomic mass is 10.0. The Kier molecular flexibility index (Phi) is 7.54. The number of nitrogens with zero attached hydrogens (tertiary/aromatic N) is 2. The molecule has 0 spiro atoms. The number of ether oxygens (including phenoxy) is 1. The van der Waals surface area contributed by atoms with Crippen LogP contribution >= 0.6 is 0 Å². The summed E-state index contributed by atoms with van der Waals surface area (Å²) in [6.07, 6.45) is 0.0251. The third kappa shape index (κ3) is 6.12. The van der Waals surface area contributed by atoms with Crippen LogP contribution in [0, 0.1) is 5.82 Å². The van der Waals surface area contributed by atoms with E-state index in [1.54, 1.807) is 12.1 Å². The third-order valence-electron chi connectivity index (χ3n) is 4.60. The fourth-order valence-corrected chi connectivity index (χ4v) is 3.27. The van der Waals surface area contributed by atoms with E-state index in [-0.39, 0.29) is 18.5 Å². The van der Waals surface area contributed by atoms with Gasteiger partial charge in [0.15, 0.2) is 0 Å². The molecular weight excluding hydrogens is 359 g/mol. The summed E-state index contributed by atoms with van der Waals surface area (Å²) in [6.45, 7) is 4.39. The maximum Gasteiger partial charge on any atom is 0.145 e. The van der Waals surface area contributed by atoms with Crippen LogP contribution in [0.25, 0.3) is 0 Å². The first kappa shape index (κ1) is 20.5. The first-order valence-electron chi connectivity index (χ1n) is 9.64. The summed E-state index contributed by atoms with van der Waals surface area (Å²) in [6, 6.07) is 16.4. The van der Waals surface area contributed by atoms with Crippen LogP contribution in [0.2, 0.25) is 0 Å². The van der Waals surface area contributed by atoms with E-state index in [4.69, 9.17) is 9.57 Å². The average molecular weight is 386 g/mol. The molecule has 6 heteroatoms. The number of benzene rings is 2. The van der Waals surface area contributed by atoms with E-state index >= 15 is 0 Å². The molecule has 1 heterocycles. The molecule has 2 aromatic rings. The van der Waals surface area contributed by atoms with Gasteiger partial charge in [0.05, 0.1) is 18.4 Å². The zero-order valence-electron chi connectivity index (χ0n) is 16.1. The standard InChI is InChI=1S/C22H27FN2O3/c1-2-27-16-20(26)14-25(13-17-8-10-19(23)11-9-17)15-21-12-22(24-28-21)18-6-4-3-5-7-18/h3-11,20-21,26H,2,12-16H2,1H3/t20-,21-/m0/s1. The van der Waals surface area contributed by atoms with E-state index in [9.17, 15) is 9.50 Å². The van der Waals surface area contributed by atoms with Crippen LogP contribution in [-0.2, 0) is 16.1 Å². The SMILES string of the molecule is CCOC[C@@H](O)CN(Cc1ccc(F)cc1)C[C@@H]1CC(c2ccccc2)=NO1. The summed E-state index contributed by atoms with van der Waals surface area (Å²) >= 11 is 0. The molecule has 3 rings (SSSR count). The maximum absolute atomic E-state index is 13.2. The van der Waals surface area contributed by atoms with Crippen LogP contribution < -0.4 is 0 Å². The molecule has 1 aliphatic rings. The second-order valence-electron chi connectivity index (χ2n) is 6.97. The van der Waals surface area contributed by atoms with Crippen molar-refractivity contribution in [3.8, 4) is 0 Å². The van der Waals surface area contributed by atoms with Gasteiger partial charge in [-0.3, -0.25) is 4.90 Å². The summed E-state index contributed by atoms with van der Waals surface area (Å²) in [5, 5.41) is 14.5. The fraction of sp³-hybridized carbons (Fsp3) is 0.409. The highest BCUT2D eigenvalue weighted by molar-refractivity contribution is 6.01. The highest BCUT2D eigenvalue weighted by atomic mass is 19.1. The van der Waals surface area contributed by atoms with Crippen molar-refractivity contribution in [3.05, 3.63) is 71.5 Å². The molecule has 2 aromatic carbocycles. The molecule has 0 fully saturated rings. The van der Waals surface area contributed by atoms with Gasteiger partial charge in [-0.05, 0) is 30.2 Å². The molecule has 5 nitrogen and oxygen atoms in total. The van der Waals surface area contributed by atoms with Crippen molar-refractivity contribution in [1.82, 2.24) is 4.90 Å². The Morgan fingerprint density at radius 1 is 1.21 bits per heavy atom. The lowest BCUT2D eigenvalue weighted by molar-refractivity contribution is 0.000489. The summed E-state index contributed by atoms with van der Waals surface area (Å²) in [4.78, 5) is 7.75. The number of hydrogen-bond donors (Lipinski definition) is 1. The van der Waals surface area contributed by atoms with Gasteiger partial charge in [0.25, 0.3) is 0 Å². The number of oxime groups is 1. The molecule has 2 atom stereocenters. The van der Waals surface area contributed by atoms with Crippen LogP contribution in [0.4, 0.5) is 4.39 Å². The number of aliphatic hydroxyl groups is 1. The lowest BCUT2D eigenvalue weighted by Crippen LogP contribution is -2.39. The second kappa shape index (κ2) is 10.3. The molecule has 0 bridgehead atoms. The van der Waals surface area contributed by atoms with Crippen molar-refractivity contribution in [2.75, 3.05) is 26.3 Å². The molecule has 1 N–H and O–H groups in total. The van der Waals surface area contributed by atoms with E-state index in [0.717, 1.165) is 16.8 Å². The normalized spacial score (nSPS) is 17.4. The molecule has 0 amide bonds. The molecule has 0 aliphatic carbocycles. The molecule has 1 aliphatic heterocycles. The zero-order valence-corrected chi connectivity index (χ0v) is 16.1. The van der Waals surface area contributed by atoms with Gasteiger partial charge in [-0.1, -0.05) is 47.6 Å². The van der Waals surface area contributed by atoms with Crippen LogP contribution in [0.3, 0.4) is 0 Å². The van der Waals surface area contributed by atoms with Crippen molar-refractivity contribution in [3.63, 3.8) is 0 Å². The minimum Gasteiger partial charge on any atom is -0.390 e. The van der Waals surface area contributed by atoms with E-state index in [1.807, 2.05) is 37.3 Å². The maximum atomic E-state index is 13.2. The molecular formula is C22H27FN2O3. The first-order valence-corrected chi connectivity index (χ1v) is 9.64. The van der Waals surface area contributed by atoms with Gasteiger partial charge in [0, 0.05) is 32.7 Å². The molecule has 0 unspecified atom stereocenters. The monoisotopic (exact) mass is 386 g/mol. The number of hydrogen-bond acceptors (Lipinski definition) is 5. The number of aliphatic hydroxyl groups excluding tert-OH is 1. The average Bonchev–Trinajstić information content (AvgIpc) is 3.17. The summed E-state index contributed by atoms with van der Waals surface area (Å²) in [7, 11) is 0. The lowest BCUT2D eigenvalue weighted by Gasteiger charge is -2.27. The van der Waals surface area contributed by atoms with Crippen molar-refractivity contribution in [2.45, 2.75) is 32.1 Å². The van der Waals surface area contributed by atoms with E-state index in [0.29, 0.717) is 32.7 Å². The van der Waals surface area contributed by atoms with Gasteiger partial charge < -0.3 is 14.7 Å². The van der Waals surface area contributed by atoms with Crippen LogP contribution in [0.5, 0.6) is 0 Å². The van der Waals surface area contributed by atoms with Gasteiger partial charge in [0.1, 0.15) is 11.9 Å². The smallest absolute Gasteiger partial charge is 0.145 e. The molecule has 0 saturated heterocycles. The van der Waals surface area contributed by atoms with Crippen molar-refractivity contribution < 1.29 is 19.1 Å². The molecule has 150 valence electrons. The Balaban J connectivity index is 1.61. The number of halogens is 1. The van der Waals surface area contributed by atoms with Gasteiger partial charge in [-0.25, -0.2) is 4.39 Å². The van der Waals surface area contributed by atoms with Crippen LogP contribution in [0.1, 0.15) is 24.5 Å². The Morgan fingerprint density at radius 2 is 1.96 bits per heavy atom. The Labute approximate surface area is 165 Å². The minimum atomic E-state index is -0.601. The highest BCUT2D eigenvalue weighted by Crippen LogP contribution is 2.19. The van der Waals surface area contributed by atoms with Crippen LogP contribution in [0.15, 0.2) is 59.8 Å². The molecule has 0 saturated carbocycles. The second-order valence-corrected chi connectivity index (χ2v) is 6.97. The Hall–Kier alpha value is -2.28. The molecule has 0 aromatic heterocycles. The van der Waals surface area contributed by atoms with E-state index < -0.39 is 6.10 Å². The largest absolute Gasteiger partial charge is 0.390 e. The summed E-state index contributed by atoms with van der Waals surface area (Å²) in [5.74, 6) is -0.258. The Morgan fingerprint density at radius 3 is 2.68 bits per heavy atom.